The Labute approximate surface area is 118 Å². The van der Waals surface area contributed by atoms with Crippen LogP contribution in [-0.4, -0.2) is 22.2 Å². The van der Waals surface area contributed by atoms with Gasteiger partial charge in [0.2, 0.25) is 5.91 Å². The smallest absolute Gasteiger partial charge is 0.223 e. The number of benzene rings is 1. The minimum absolute atomic E-state index is 0.111. The van der Waals surface area contributed by atoms with E-state index in [0.717, 1.165) is 36.4 Å². The van der Waals surface area contributed by atoms with Gasteiger partial charge in [-0.2, -0.15) is 5.10 Å². The largest absolute Gasteiger partial charge is 0.381 e. The van der Waals surface area contributed by atoms with Crippen LogP contribution in [0.5, 0.6) is 0 Å². The Hall–Kier alpha value is -2.30. The topological polar surface area (TPSA) is 50.2 Å². The zero-order valence-electron chi connectivity index (χ0n) is 11.8. The SMILES string of the molecule is CC(=O)N1CCc2cc(NCc3cnn(C)c3)ccc21. The summed E-state index contributed by atoms with van der Waals surface area (Å²) in [6.45, 7) is 3.16. The van der Waals surface area contributed by atoms with Gasteiger partial charge in [-0.3, -0.25) is 9.48 Å². The Morgan fingerprint density at radius 1 is 1.45 bits per heavy atom. The van der Waals surface area contributed by atoms with E-state index in [0.29, 0.717) is 0 Å². The summed E-state index contributed by atoms with van der Waals surface area (Å²) in [7, 11) is 1.91. The van der Waals surface area contributed by atoms with E-state index in [4.69, 9.17) is 0 Å². The fraction of sp³-hybridized carbons (Fsp3) is 0.333. The number of anilines is 2. The number of fused-ring (bicyclic) bond motifs is 1. The second kappa shape index (κ2) is 5.00. The Bertz CT molecular complexity index is 647. The quantitative estimate of drug-likeness (QED) is 0.927. The molecule has 1 aliphatic heterocycles. The highest BCUT2D eigenvalue weighted by Crippen LogP contribution is 2.30. The molecule has 0 atom stereocenters. The zero-order chi connectivity index (χ0) is 14.1. The molecule has 0 saturated heterocycles. The van der Waals surface area contributed by atoms with Gasteiger partial charge in [-0.15, -0.1) is 0 Å². The van der Waals surface area contributed by atoms with Crippen molar-refractivity contribution in [2.45, 2.75) is 19.9 Å². The first-order valence-corrected chi connectivity index (χ1v) is 6.76. The average Bonchev–Trinajstić information content (AvgIpc) is 3.01. The highest BCUT2D eigenvalue weighted by Gasteiger charge is 2.21. The highest BCUT2D eigenvalue weighted by atomic mass is 16.2. The minimum atomic E-state index is 0.111. The highest BCUT2D eigenvalue weighted by molar-refractivity contribution is 5.94. The van der Waals surface area contributed by atoms with Crippen LogP contribution in [0.1, 0.15) is 18.1 Å². The van der Waals surface area contributed by atoms with Gasteiger partial charge in [0.1, 0.15) is 0 Å². The van der Waals surface area contributed by atoms with Gasteiger partial charge in [0.05, 0.1) is 6.20 Å². The standard InChI is InChI=1S/C15H18N4O/c1-11(20)19-6-5-13-7-14(3-4-15(13)19)16-8-12-9-17-18(2)10-12/h3-4,7,9-10,16H,5-6,8H2,1-2H3. The third kappa shape index (κ3) is 2.39. The molecule has 5 nitrogen and oxygen atoms in total. The molecule has 104 valence electrons. The number of carbonyl (C=O) groups is 1. The van der Waals surface area contributed by atoms with E-state index in [9.17, 15) is 4.79 Å². The van der Waals surface area contributed by atoms with Crippen molar-refractivity contribution in [3.8, 4) is 0 Å². The van der Waals surface area contributed by atoms with E-state index >= 15 is 0 Å². The van der Waals surface area contributed by atoms with E-state index in [2.05, 4.69) is 16.5 Å². The van der Waals surface area contributed by atoms with Crippen molar-refractivity contribution < 1.29 is 4.79 Å². The van der Waals surface area contributed by atoms with Crippen molar-refractivity contribution in [2.75, 3.05) is 16.8 Å². The molecule has 5 heteroatoms. The van der Waals surface area contributed by atoms with Gasteiger partial charge in [0.25, 0.3) is 0 Å². The fourth-order valence-electron chi connectivity index (χ4n) is 2.61. The van der Waals surface area contributed by atoms with Crippen molar-refractivity contribution in [1.82, 2.24) is 9.78 Å². The van der Waals surface area contributed by atoms with Gasteiger partial charge in [0, 0.05) is 50.2 Å². The minimum Gasteiger partial charge on any atom is -0.381 e. The Kier molecular flexibility index (Phi) is 3.18. The van der Waals surface area contributed by atoms with Crippen LogP contribution in [0.4, 0.5) is 11.4 Å². The van der Waals surface area contributed by atoms with Crippen LogP contribution < -0.4 is 10.2 Å². The molecule has 0 aliphatic carbocycles. The molecule has 1 amide bonds. The zero-order valence-corrected chi connectivity index (χ0v) is 11.8. The normalized spacial score (nSPS) is 13.4. The second-order valence-corrected chi connectivity index (χ2v) is 5.14. The molecule has 1 aromatic carbocycles. The first-order chi connectivity index (χ1) is 9.63. The van der Waals surface area contributed by atoms with Crippen LogP contribution in [0.25, 0.3) is 0 Å². The van der Waals surface area contributed by atoms with Gasteiger partial charge in [-0.25, -0.2) is 0 Å². The molecule has 2 aromatic rings. The maximum atomic E-state index is 11.5. The molecule has 3 rings (SSSR count). The Balaban J connectivity index is 1.72. The molecular formula is C15H18N4O. The number of hydrogen-bond acceptors (Lipinski definition) is 3. The lowest BCUT2D eigenvalue weighted by Gasteiger charge is -2.15. The molecule has 0 unspecified atom stereocenters. The fourth-order valence-corrected chi connectivity index (χ4v) is 2.61. The van der Waals surface area contributed by atoms with Crippen LogP contribution in [0.2, 0.25) is 0 Å². The van der Waals surface area contributed by atoms with Crippen molar-refractivity contribution in [3.63, 3.8) is 0 Å². The summed E-state index contributed by atoms with van der Waals surface area (Å²) >= 11 is 0. The summed E-state index contributed by atoms with van der Waals surface area (Å²) in [5.74, 6) is 0.111. The van der Waals surface area contributed by atoms with Gasteiger partial charge in [-0.05, 0) is 30.2 Å². The number of hydrogen-bond donors (Lipinski definition) is 1. The lowest BCUT2D eigenvalue weighted by Crippen LogP contribution is -2.25. The lowest BCUT2D eigenvalue weighted by atomic mass is 10.1. The van der Waals surface area contributed by atoms with E-state index in [1.54, 1.807) is 11.6 Å². The molecule has 0 spiro atoms. The molecule has 2 heterocycles. The number of amides is 1. The van der Waals surface area contributed by atoms with Crippen molar-refractivity contribution in [2.24, 2.45) is 7.05 Å². The van der Waals surface area contributed by atoms with Gasteiger partial charge in [0.15, 0.2) is 0 Å². The second-order valence-electron chi connectivity index (χ2n) is 5.14. The molecule has 0 saturated carbocycles. The maximum Gasteiger partial charge on any atom is 0.223 e. The summed E-state index contributed by atoms with van der Waals surface area (Å²) in [5, 5.41) is 7.54. The van der Waals surface area contributed by atoms with E-state index in [-0.39, 0.29) is 5.91 Å². The molecule has 0 bridgehead atoms. The van der Waals surface area contributed by atoms with E-state index < -0.39 is 0 Å². The first-order valence-electron chi connectivity index (χ1n) is 6.76. The van der Waals surface area contributed by atoms with Crippen molar-refractivity contribution in [3.05, 3.63) is 41.7 Å². The van der Waals surface area contributed by atoms with Crippen LogP contribution in [-0.2, 0) is 24.8 Å². The Morgan fingerprint density at radius 2 is 2.30 bits per heavy atom. The van der Waals surface area contributed by atoms with Crippen LogP contribution >= 0.6 is 0 Å². The van der Waals surface area contributed by atoms with Crippen LogP contribution in [0, 0.1) is 0 Å². The predicted octanol–water partition coefficient (Wildman–Crippen LogP) is 1.94. The maximum absolute atomic E-state index is 11.5. The Morgan fingerprint density at radius 3 is 3.00 bits per heavy atom. The monoisotopic (exact) mass is 270 g/mol. The number of nitrogens with zero attached hydrogens (tertiary/aromatic N) is 3. The third-order valence-electron chi connectivity index (χ3n) is 3.61. The molecule has 20 heavy (non-hydrogen) atoms. The molecule has 1 aliphatic rings. The van der Waals surface area contributed by atoms with E-state index in [1.807, 2.05) is 36.5 Å². The van der Waals surface area contributed by atoms with Crippen molar-refractivity contribution >= 4 is 17.3 Å². The van der Waals surface area contributed by atoms with E-state index in [1.165, 1.54) is 5.56 Å². The average molecular weight is 270 g/mol. The molecule has 0 fully saturated rings. The first kappa shape index (κ1) is 12.7. The number of rotatable bonds is 3. The summed E-state index contributed by atoms with van der Waals surface area (Å²) in [6, 6.07) is 6.18. The summed E-state index contributed by atoms with van der Waals surface area (Å²) in [4.78, 5) is 13.3. The van der Waals surface area contributed by atoms with Gasteiger partial charge < -0.3 is 10.2 Å². The number of carbonyl (C=O) groups excluding carboxylic acids is 1. The molecule has 0 radical (unpaired) electrons. The summed E-state index contributed by atoms with van der Waals surface area (Å²) < 4.78 is 1.80. The lowest BCUT2D eigenvalue weighted by molar-refractivity contribution is -0.116. The van der Waals surface area contributed by atoms with Crippen LogP contribution in [0.15, 0.2) is 30.6 Å². The molecular weight excluding hydrogens is 252 g/mol. The number of nitrogens with one attached hydrogen (secondary N) is 1. The molecule has 1 N–H and O–H groups in total. The third-order valence-corrected chi connectivity index (χ3v) is 3.61. The summed E-state index contributed by atoms with van der Waals surface area (Å²) in [6.07, 6.45) is 4.78. The van der Waals surface area contributed by atoms with Gasteiger partial charge in [-0.1, -0.05) is 0 Å². The van der Waals surface area contributed by atoms with Gasteiger partial charge >= 0.3 is 0 Å². The summed E-state index contributed by atoms with van der Waals surface area (Å²) in [5.41, 5.74) is 4.51. The van der Waals surface area contributed by atoms with Crippen LogP contribution in [0.3, 0.4) is 0 Å². The number of aryl methyl sites for hydroxylation is 1. The number of aromatic nitrogens is 2. The predicted molar refractivity (Wildman–Crippen MR) is 78.7 cm³/mol. The van der Waals surface area contributed by atoms with Crippen molar-refractivity contribution in [1.29, 1.82) is 0 Å². The molecule has 1 aromatic heterocycles.